The van der Waals surface area contributed by atoms with Crippen molar-refractivity contribution in [2.45, 2.75) is 51.2 Å². The predicted molar refractivity (Wildman–Crippen MR) is 97.2 cm³/mol. The first-order chi connectivity index (χ1) is 14.1. The minimum atomic E-state index is -4.77. The summed E-state index contributed by atoms with van der Waals surface area (Å²) in [4.78, 5) is 0. The highest BCUT2D eigenvalue weighted by Gasteiger charge is 2.79. The Hall–Kier alpha value is -3.09. The van der Waals surface area contributed by atoms with Crippen LogP contribution < -0.4 is 0 Å². The Morgan fingerprint density at radius 3 is 2.23 bits per heavy atom. The number of nitrogens with one attached hydrogen (secondary N) is 1. The molecule has 2 aliphatic heterocycles. The van der Waals surface area contributed by atoms with E-state index in [2.05, 4.69) is 0 Å². The molecular weight excluding hydrogens is 397 g/mol. The third kappa shape index (κ3) is 2.47. The number of ether oxygens (including phenoxy) is 2. The zero-order valence-electron chi connectivity index (χ0n) is 16.4. The van der Waals surface area contributed by atoms with E-state index in [1.807, 2.05) is 6.07 Å². The summed E-state index contributed by atoms with van der Waals surface area (Å²) in [7, 11) is 0. The van der Waals surface area contributed by atoms with Crippen LogP contribution in [0.4, 0.5) is 13.2 Å². The average Bonchev–Trinajstić information content (AvgIpc) is 2.91. The molecule has 4 atom stereocenters. The molecule has 0 radical (unpaired) electrons. The lowest BCUT2D eigenvalue weighted by Gasteiger charge is -2.50. The molecule has 1 aromatic rings. The van der Waals surface area contributed by atoms with Crippen molar-refractivity contribution in [2.24, 2.45) is 16.7 Å². The summed E-state index contributed by atoms with van der Waals surface area (Å²) in [5.41, 5.74) is -5.97. The fraction of sp³-hybridized carbons (Fsp3) is 0.524. The molecule has 30 heavy (non-hydrogen) atoms. The Morgan fingerprint density at radius 1 is 1.10 bits per heavy atom. The normalized spacial score (nSPS) is 31.9. The highest BCUT2D eigenvalue weighted by Crippen LogP contribution is 2.68. The number of halogens is 3. The van der Waals surface area contributed by atoms with Gasteiger partial charge in [-0.15, -0.1) is 0 Å². The van der Waals surface area contributed by atoms with Gasteiger partial charge in [0, 0.05) is 6.42 Å². The molecule has 2 aliphatic rings. The zero-order valence-corrected chi connectivity index (χ0v) is 16.4. The Balaban J connectivity index is 2.40. The largest absolute Gasteiger partial charge is 0.447 e. The van der Waals surface area contributed by atoms with E-state index in [0.29, 0.717) is 6.42 Å². The van der Waals surface area contributed by atoms with Crippen LogP contribution in [0.1, 0.15) is 50.3 Å². The molecular formula is C21H19F3N4O2. The minimum Gasteiger partial charge on any atom is -0.447 e. The van der Waals surface area contributed by atoms with Gasteiger partial charge in [-0.3, -0.25) is 5.41 Å². The molecule has 0 saturated carbocycles. The maximum Gasteiger partial charge on any atom is 0.416 e. The van der Waals surface area contributed by atoms with Crippen LogP contribution in [0, 0.1) is 56.2 Å². The first-order valence-electron chi connectivity index (χ1n) is 9.49. The molecule has 3 rings (SSSR count). The molecule has 156 valence electrons. The third-order valence-electron chi connectivity index (χ3n) is 6.10. The van der Waals surface area contributed by atoms with Crippen molar-refractivity contribution in [3.8, 4) is 18.2 Å². The van der Waals surface area contributed by atoms with Gasteiger partial charge < -0.3 is 9.47 Å². The fourth-order valence-electron chi connectivity index (χ4n) is 4.93. The summed E-state index contributed by atoms with van der Waals surface area (Å²) >= 11 is 0. The van der Waals surface area contributed by atoms with Gasteiger partial charge >= 0.3 is 6.18 Å². The maximum atomic E-state index is 13.8. The molecule has 2 saturated heterocycles. The van der Waals surface area contributed by atoms with Crippen molar-refractivity contribution < 1.29 is 22.6 Å². The van der Waals surface area contributed by atoms with Crippen LogP contribution in [0.25, 0.3) is 0 Å². The topological polar surface area (TPSA) is 114 Å². The van der Waals surface area contributed by atoms with Crippen molar-refractivity contribution in [3.63, 3.8) is 0 Å². The monoisotopic (exact) mass is 416 g/mol. The fourth-order valence-corrected chi connectivity index (χ4v) is 4.93. The van der Waals surface area contributed by atoms with E-state index in [-0.39, 0.29) is 12.8 Å². The Morgan fingerprint density at radius 2 is 1.73 bits per heavy atom. The maximum absolute atomic E-state index is 13.8. The number of rotatable bonds is 4. The lowest BCUT2D eigenvalue weighted by molar-refractivity contribution is -0.287. The Labute approximate surface area is 171 Å². The van der Waals surface area contributed by atoms with E-state index in [1.165, 1.54) is 12.1 Å². The van der Waals surface area contributed by atoms with Gasteiger partial charge in [0.05, 0.1) is 29.7 Å². The van der Waals surface area contributed by atoms with E-state index in [0.717, 1.165) is 12.1 Å². The molecule has 4 unspecified atom stereocenters. The first-order valence-corrected chi connectivity index (χ1v) is 9.49. The van der Waals surface area contributed by atoms with Crippen LogP contribution in [-0.4, -0.2) is 11.7 Å². The Kier molecular flexibility index (Phi) is 5.05. The lowest BCUT2D eigenvalue weighted by Crippen LogP contribution is -2.59. The van der Waals surface area contributed by atoms with Crippen molar-refractivity contribution in [1.82, 2.24) is 0 Å². The van der Waals surface area contributed by atoms with Gasteiger partial charge in [0.15, 0.2) is 5.41 Å². The standard InChI is InChI=1S/C21H19F3N4O2/c1-3-9-20-15(4-2)19(12-27,17(28)30-20)18(10-25,11-26)16(29-20)13-7-5-6-8-14(13)21(22,23)24/h5-8,15-16,28H,3-4,9H2,1-2H3. The molecule has 2 fully saturated rings. The molecule has 0 aliphatic carbocycles. The predicted octanol–water partition coefficient (Wildman–Crippen LogP) is 4.85. The average molecular weight is 416 g/mol. The highest BCUT2D eigenvalue weighted by atomic mass is 19.4. The molecule has 9 heteroatoms. The van der Waals surface area contributed by atoms with E-state index in [4.69, 9.17) is 14.9 Å². The zero-order chi connectivity index (χ0) is 22.4. The van der Waals surface area contributed by atoms with Crippen LogP contribution in [0.3, 0.4) is 0 Å². The van der Waals surface area contributed by atoms with Gasteiger partial charge in [-0.2, -0.15) is 29.0 Å². The molecule has 1 N–H and O–H groups in total. The van der Waals surface area contributed by atoms with Crippen LogP contribution in [0.15, 0.2) is 24.3 Å². The van der Waals surface area contributed by atoms with Gasteiger partial charge in [-0.05, 0) is 24.5 Å². The van der Waals surface area contributed by atoms with E-state index >= 15 is 0 Å². The third-order valence-corrected chi connectivity index (χ3v) is 6.10. The lowest BCUT2D eigenvalue weighted by atomic mass is 9.52. The number of alkyl halides is 3. The second-order valence-electron chi connectivity index (χ2n) is 7.49. The Bertz CT molecular complexity index is 989. The van der Waals surface area contributed by atoms with Crippen molar-refractivity contribution in [3.05, 3.63) is 35.4 Å². The molecule has 0 amide bonds. The van der Waals surface area contributed by atoms with Gasteiger partial charge in [0.1, 0.15) is 6.10 Å². The minimum absolute atomic E-state index is 0.189. The molecule has 1 aromatic carbocycles. The van der Waals surface area contributed by atoms with Gasteiger partial charge in [-0.25, -0.2) is 0 Å². The summed E-state index contributed by atoms with van der Waals surface area (Å²) in [6.45, 7) is 3.51. The van der Waals surface area contributed by atoms with Crippen LogP contribution in [0.5, 0.6) is 0 Å². The second-order valence-corrected chi connectivity index (χ2v) is 7.49. The summed E-state index contributed by atoms with van der Waals surface area (Å²) in [6, 6.07) is 9.99. The summed E-state index contributed by atoms with van der Waals surface area (Å²) in [5.74, 6) is -3.05. The molecule has 6 nitrogen and oxygen atoms in total. The quantitative estimate of drug-likeness (QED) is 0.754. The van der Waals surface area contributed by atoms with Crippen LogP contribution in [-0.2, 0) is 15.7 Å². The number of hydrogen-bond donors (Lipinski definition) is 1. The van der Waals surface area contributed by atoms with Crippen molar-refractivity contribution in [1.29, 1.82) is 21.2 Å². The second kappa shape index (κ2) is 7.00. The number of fused-ring (bicyclic) bond motifs is 2. The van der Waals surface area contributed by atoms with Gasteiger partial charge in [-0.1, -0.05) is 32.0 Å². The molecule has 2 bridgehead atoms. The number of benzene rings is 1. The van der Waals surface area contributed by atoms with Crippen molar-refractivity contribution >= 4 is 5.90 Å². The van der Waals surface area contributed by atoms with E-state index in [9.17, 15) is 29.0 Å². The number of nitriles is 3. The summed E-state index contributed by atoms with van der Waals surface area (Å²) < 4.78 is 53.0. The van der Waals surface area contributed by atoms with E-state index in [1.54, 1.807) is 26.0 Å². The van der Waals surface area contributed by atoms with Crippen molar-refractivity contribution in [2.75, 3.05) is 0 Å². The molecule has 2 heterocycles. The number of hydrogen-bond acceptors (Lipinski definition) is 6. The SMILES string of the molecule is CCCC12OC(=N)C(C#N)(C1CC)C(C#N)(C#N)C(c1ccccc1C(F)(F)F)O2. The van der Waals surface area contributed by atoms with E-state index < -0.39 is 51.8 Å². The molecule has 0 spiro atoms. The summed E-state index contributed by atoms with van der Waals surface area (Å²) in [6.07, 6.45) is -5.60. The van der Waals surface area contributed by atoms with Crippen LogP contribution >= 0.6 is 0 Å². The van der Waals surface area contributed by atoms with Crippen LogP contribution in [0.2, 0.25) is 0 Å². The first kappa shape index (κ1) is 21.6. The smallest absolute Gasteiger partial charge is 0.416 e. The summed E-state index contributed by atoms with van der Waals surface area (Å²) in [5, 5.41) is 38.7. The van der Waals surface area contributed by atoms with Gasteiger partial charge in [0.25, 0.3) is 0 Å². The van der Waals surface area contributed by atoms with Gasteiger partial charge in [0.2, 0.25) is 17.1 Å². The number of nitrogens with zero attached hydrogens (tertiary/aromatic N) is 3. The highest BCUT2D eigenvalue weighted by molar-refractivity contribution is 5.89. The molecule has 0 aromatic heterocycles.